The summed E-state index contributed by atoms with van der Waals surface area (Å²) in [5.74, 6) is 1.01. The molecule has 2 aromatic carbocycles. The first-order valence-electron chi connectivity index (χ1n) is 7.17. The molecule has 4 rings (SSSR count). The van der Waals surface area contributed by atoms with Crippen molar-refractivity contribution in [3.05, 3.63) is 48.2 Å². The SMILES string of the molecule is CN1CCOc2ccc(-c3ccc4cn[nH]c4c3)cc2C1.[HH]. The Balaban J connectivity index is 0.00000144. The van der Waals surface area contributed by atoms with E-state index in [1.807, 2.05) is 6.20 Å². The largest absolute Gasteiger partial charge is 0.492 e. The summed E-state index contributed by atoms with van der Waals surface area (Å²) < 4.78 is 5.81. The molecule has 0 fully saturated rings. The summed E-state index contributed by atoms with van der Waals surface area (Å²) in [6, 6.07) is 12.8. The van der Waals surface area contributed by atoms with Gasteiger partial charge in [-0.25, -0.2) is 0 Å². The van der Waals surface area contributed by atoms with Gasteiger partial charge in [0.2, 0.25) is 0 Å². The topological polar surface area (TPSA) is 41.1 Å². The Morgan fingerprint density at radius 3 is 3.00 bits per heavy atom. The molecular weight excluding hydrogens is 262 g/mol. The average molecular weight is 281 g/mol. The normalized spacial score (nSPS) is 15.5. The third-order valence-electron chi connectivity index (χ3n) is 4.01. The highest BCUT2D eigenvalue weighted by Crippen LogP contribution is 2.30. The van der Waals surface area contributed by atoms with E-state index in [2.05, 4.69) is 58.5 Å². The molecule has 0 bridgehead atoms. The Bertz CT molecular complexity index is 799. The molecule has 21 heavy (non-hydrogen) atoms. The van der Waals surface area contributed by atoms with E-state index in [1.54, 1.807) is 0 Å². The lowest BCUT2D eigenvalue weighted by Crippen LogP contribution is -2.20. The number of nitrogens with one attached hydrogen (secondary N) is 1. The molecule has 0 spiro atoms. The number of fused-ring (bicyclic) bond motifs is 2. The van der Waals surface area contributed by atoms with Gasteiger partial charge in [0.15, 0.2) is 0 Å². The van der Waals surface area contributed by atoms with Crippen molar-refractivity contribution >= 4 is 10.9 Å². The van der Waals surface area contributed by atoms with Crippen molar-refractivity contribution in [3.63, 3.8) is 0 Å². The van der Waals surface area contributed by atoms with Crippen LogP contribution < -0.4 is 4.74 Å². The molecule has 4 nitrogen and oxygen atoms in total. The zero-order valence-corrected chi connectivity index (χ0v) is 12.0. The molecule has 2 heterocycles. The van der Waals surface area contributed by atoms with E-state index in [4.69, 9.17) is 4.74 Å². The monoisotopic (exact) mass is 281 g/mol. The second-order valence-electron chi connectivity index (χ2n) is 5.58. The molecular formula is C17H19N3O. The van der Waals surface area contributed by atoms with Crippen molar-refractivity contribution in [1.82, 2.24) is 15.1 Å². The highest BCUT2D eigenvalue weighted by molar-refractivity contribution is 5.84. The number of benzene rings is 2. The third kappa shape index (κ3) is 2.28. The smallest absolute Gasteiger partial charge is 0.123 e. The van der Waals surface area contributed by atoms with Crippen LogP contribution in [0.15, 0.2) is 42.6 Å². The quantitative estimate of drug-likeness (QED) is 0.744. The van der Waals surface area contributed by atoms with Gasteiger partial charge in [-0.15, -0.1) is 0 Å². The first kappa shape index (κ1) is 12.4. The Morgan fingerprint density at radius 2 is 2.05 bits per heavy atom. The van der Waals surface area contributed by atoms with Gasteiger partial charge < -0.3 is 4.74 Å². The van der Waals surface area contributed by atoms with Crippen LogP contribution in [0.4, 0.5) is 0 Å². The van der Waals surface area contributed by atoms with Gasteiger partial charge >= 0.3 is 0 Å². The number of rotatable bonds is 1. The predicted molar refractivity (Wildman–Crippen MR) is 85.5 cm³/mol. The molecule has 0 aliphatic carbocycles. The molecule has 0 radical (unpaired) electrons. The van der Waals surface area contributed by atoms with Gasteiger partial charge in [-0.2, -0.15) is 5.10 Å². The van der Waals surface area contributed by atoms with Crippen LogP contribution in [-0.4, -0.2) is 35.3 Å². The van der Waals surface area contributed by atoms with Crippen LogP contribution in [0.2, 0.25) is 0 Å². The maximum atomic E-state index is 5.81. The fraction of sp³-hybridized carbons (Fsp3) is 0.235. The van der Waals surface area contributed by atoms with E-state index in [-0.39, 0.29) is 1.43 Å². The summed E-state index contributed by atoms with van der Waals surface area (Å²) in [6.07, 6.45) is 1.85. The second-order valence-corrected chi connectivity index (χ2v) is 5.58. The molecule has 0 amide bonds. The number of hydrogen-bond acceptors (Lipinski definition) is 3. The van der Waals surface area contributed by atoms with Crippen LogP contribution in [0.5, 0.6) is 5.75 Å². The fourth-order valence-electron chi connectivity index (χ4n) is 2.82. The summed E-state index contributed by atoms with van der Waals surface area (Å²) in [7, 11) is 2.13. The molecule has 1 aliphatic heterocycles. The van der Waals surface area contributed by atoms with E-state index >= 15 is 0 Å². The zero-order chi connectivity index (χ0) is 14.2. The first-order valence-corrected chi connectivity index (χ1v) is 7.17. The molecule has 1 aliphatic rings. The lowest BCUT2D eigenvalue weighted by Gasteiger charge is -2.12. The Morgan fingerprint density at radius 1 is 1.19 bits per heavy atom. The van der Waals surface area contributed by atoms with E-state index in [1.165, 1.54) is 16.7 Å². The lowest BCUT2D eigenvalue weighted by atomic mass is 10.0. The number of H-pyrrole nitrogens is 1. The third-order valence-corrected chi connectivity index (χ3v) is 4.01. The molecule has 108 valence electrons. The molecule has 0 saturated carbocycles. The summed E-state index contributed by atoms with van der Waals surface area (Å²) >= 11 is 0. The minimum atomic E-state index is 0. The van der Waals surface area contributed by atoms with Crippen molar-refractivity contribution in [2.24, 2.45) is 0 Å². The van der Waals surface area contributed by atoms with Gasteiger partial charge in [-0.1, -0.05) is 18.2 Å². The van der Waals surface area contributed by atoms with E-state index in [0.29, 0.717) is 0 Å². The number of aromatic amines is 1. The summed E-state index contributed by atoms with van der Waals surface area (Å²) in [5.41, 5.74) is 4.72. The van der Waals surface area contributed by atoms with Gasteiger partial charge in [0, 0.05) is 25.5 Å². The van der Waals surface area contributed by atoms with Crippen molar-refractivity contribution in [2.75, 3.05) is 20.2 Å². The van der Waals surface area contributed by atoms with Crippen LogP contribution in [-0.2, 0) is 6.54 Å². The van der Waals surface area contributed by atoms with E-state index in [0.717, 1.165) is 36.3 Å². The van der Waals surface area contributed by atoms with Crippen LogP contribution in [0.25, 0.3) is 22.0 Å². The van der Waals surface area contributed by atoms with Crippen molar-refractivity contribution in [2.45, 2.75) is 6.54 Å². The Kier molecular flexibility index (Phi) is 2.89. The van der Waals surface area contributed by atoms with Crippen LogP contribution in [0, 0.1) is 0 Å². The van der Waals surface area contributed by atoms with Crippen LogP contribution in [0.1, 0.15) is 6.99 Å². The standard InChI is InChI=1S/C17H17N3O.H2/c1-20-6-7-21-17-5-4-12(8-15(17)11-20)13-2-3-14-10-18-19-16(14)9-13;/h2-5,8-10H,6-7,11H2,1H3,(H,18,19);1H. The minimum absolute atomic E-state index is 0. The highest BCUT2D eigenvalue weighted by atomic mass is 16.5. The number of nitrogens with zero attached hydrogens (tertiary/aromatic N) is 2. The molecule has 1 aromatic heterocycles. The van der Waals surface area contributed by atoms with Gasteiger partial charge in [-0.05, 0) is 36.4 Å². The van der Waals surface area contributed by atoms with Crippen molar-refractivity contribution in [1.29, 1.82) is 0 Å². The second kappa shape index (κ2) is 4.90. The predicted octanol–water partition coefficient (Wildman–Crippen LogP) is 3.30. The number of likely N-dealkylation sites (N-methyl/N-ethyl adjacent to an activating group) is 1. The lowest BCUT2D eigenvalue weighted by molar-refractivity contribution is 0.259. The molecule has 0 atom stereocenters. The summed E-state index contributed by atoms with van der Waals surface area (Å²) in [6.45, 7) is 2.64. The van der Waals surface area contributed by atoms with Crippen molar-refractivity contribution < 1.29 is 6.16 Å². The average Bonchev–Trinajstić information content (AvgIpc) is 2.88. The molecule has 1 N–H and O–H groups in total. The van der Waals surface area contributed by atoms with Gasteiger partial charge in [0.25, 0.3) is 0 Å². The summed E-state index contributed by atoms with van der Waals surface area (Å²) in [5, 5.41) is 8.24. The highest BCUT2D eigenvalue weighted by Gasteiger charge is 2.13. The Hall–Kier alpha value is -2.33. The first-order chi connectivity index (χ1) is 10.3. The maximum absolute atomic E-state index is 5.81. The van der Waals surface area contributed by atoms with Gasteiger partial charge in [0.05, 0.1) is 11.7 Å². The zero-order valence-electron chi connectivity index (χ0n) is 12.0. The van der Waals surface area contributed by atoms with Crippen molar-refractivity contribution in [3.8, 4) is 16.9 Å². The fourth-order valence-corrected chi connectivity index (χ4v) is 2.82. The van der Waals surface area contributed by atoms with Crippen LogP contribution in [0.3, 0.4) is 0 Å². The van der Waals surface area contributed by atoms with E-state index < -0.39 is 0 Å². The summed E-state index contributed by atoms with van der Waals surface area (Å²) in [4.78, 5) is 2.29. The van der Waals surface area contributed by atoms with Gasteiger partial charge in [-0.3, -0.25) is 10.00 Å². The van der Waals surface area contributed by atoms with Gasteiger partial charge in [0.1, 0.15) is 12.4 Å². The maximum Gasteiger partial charge on any atom is 0.123 e. The number of aromatic nitrogens is 2. The molecule has 0 unspecified atom stereocenters. The van der Waals surface area contributed by atoms with Crippen LogP contribution >= 0.6 is 0 Å². The molecule has 4 heteroatoms. The Labute approximate surface area is 124 Å². The number of ether oxygens (including phenoxy) is 1. The van der Waals surface area contributed by atoms with E-state index in [9.17, 15) is 0 Å². The minimum Gasteiger partial charge on any atom is -0.492 e. The molecule has 0 saturated heterocycles. The number of hydrogen-bond donors (Lipinski definition) is 1. The molecule has 3 aromatic rings.